The predicted octanol–water partition coefficient (Wildman–Crippen LogP) is 4.43. The summed E-state index contributed by atoms with van der Waals surface area (Å²) in [6, 6.07) is 6.98. The lowest BCUT2D eigenvalue weighted by Crippen LogP contribution is -1.98. The van der Waals surface area contributed by atoms with Crippen molar-refractivity contribution in [3.8, 4) is 11.5 Å². The van der Waals surface area contributed by atoms with E-state index in [2.05, 4.69) is 6.07 Å². The van der Waals surface area contributed by atoms with Crippen LogP contribution in [0.3, 0.4) is 0 Å². The molecule has 0 saturated carbocycles. The van der Waals surface area contributed by atoms with Gasteiger partial charge in [-0.3, -0.25) is 0 Å². The van der Waals surface area contributed by atoms with Crippen molar-refractivity contribution in [3.05, 3.63) is 52.3 Å². The van der Waals surface area contributed by atoms with Crippen LogP contribution in [-0.2, 0) is 0 Å². The van der Waals surface area contributed by atoms with E-state index in [0.717, 1.165) is 22.4 Å². The minimum absolute atomic E-state index is 0.309. The van der Waals surface area contributed by atoms with Crippen molar-refractivity contribution in [2.24, 2.45) is 0 Å². The van der Waals surface area contributed by atoms with Crippen LogP contribution in [0.15, 0.2) is 24.3 Å². The summed E-state index contributed by atoms with van der Waals surface area (Å²) in [6.45, 7) is 7.71. The highest BCUT2D eigenvalue weighted by atomic mass is 19.1. The van der Waals surface area contributed by atoms with Crippen molar-refractivity contribution in [2.75, 3.05) is 5.73 Å². The predicted molar refractivity (Wildman–Crippen MR) is 76.3 cm³/mol. The lowest BCUT2D eigenvalue weighted by atomic mass is 10.1. The molecule has 0 aliphatic rings. The molecule has 0 heterocycles. The van der Waals surface area contributed by atoms with Crippen molar-refractivity contribution in [3.63, 3.8) is 0 Å². The lowest BCUT2D eigenvalue weighted by molar-refractivity contribution is 0.474. The smallest absolute Gasteiger partial charge is 0.150 e. The molecule has 0 amide bonds. The SMILES string of the molecule is Cc1cc(Oc2c(C)ccc(C)c2C)c(N)cc1F. The van der Waals surface area contributed by atoms with Gasteiger partial charge in [-0.05, 0) is 56.0 Å². The average molecular weight is 259 g/mol. The first-order valence-corrected chi connectivity index (χ1v) is 6.20. The Hall–Kier alpha value is -2.03. The average Bonchev–Trinajstić information content (AvgIpc) is 2.36. The molecule has 0 aliphatic heterocycles. The quantitative estimate of drug-likeness (QED) is 0.809. The first kappa shape index (κ1) is 13.4. The number of hydrogen-bond acceptors (Lipinski definition) is 2. The molecule has 0 saturated heterocycles. The molecule has 0 radical (unpaired) electrons. The molecule has 0 fully saturated rings. The summed E-state index contributed by atoms with van der Waals surface area (Å²) >= 11 is 0. The van der Waals surface area contributed by atoms with Gasteiger partial charge in [0.2, 0.25) is 0 Å². The zero-order chi connectivity index (χ0) is 14.2. The van der Waals surface area contributed by atoms with Gasteiger partial charge in [0.1, 0.15) is 11.6 Å². The maximum Gasteiger partial charge on any atom is 0.150 e. The minimum Gasteiger partial charge on any atom is -0.455 e. The third-order valence-corrected chi connectivity index (χ3v) is 3.38. The summed E-state index contributed by atoms with van der Waals surface area (Å²) in [5, 5.41) is 0. The number of anilines is 1. The number of aryl methyl sites for hydroxylation is 3. The van der Waals surface area contributed by atoms with E-state index in [4.69, 9.17) is 10.5 Å². The van der Waals surface area contributed by atoms with Crippen LogP contribution in [0.2, 0.25) is 0 Å². The third-order valence-electron chi connectivity index (χ3n) is 3.38. The number of nitrogens with two attached hydrogens (primary N) is 1. The van der Waals surface area contributed by atoms with Gasteiger partial charge >= 0.3 is 0 Å². The normalized spacial score (nSPS) is 10.6. The number of ether oxygens (including phenoxy) is 1. The highest BCUT2D eigenvalue weighted by Crippen LogP contribution is 2.34. The van der Waals surface area contributed by atoms with E-state index in [1.54, 1.807) is 13.0 Å². The molecule has 0 aliphatic carbocycles. The fraction of sp³-hybridized carbons (Fsp3) is 0.250. The summed E-state index contributed by atoms with van der Waals surface area (Å²) in [4.78, 5) is 0. The second kappa shape index (κ2) is 4.92. The number of halogens is 1. The van der Waals surface area contributed by atoms with Gasteiger partial charge in [-0.1, -0.05) is 12.1 Å². The Bertz CT molecular complexity index is 635. The van der Waals surface area contributed by atoms with E-state index in [1.807, 2.05) is 26.8 Å². The van der Waals surface area contributed by atoms with Gasteiger partial charge in [0.05, 0.1) is 5.69 Å². The molecular formula is C16H18FNO. The Balaban J connectivity index is 2.48. The molecule has 0 bridgehead atoms. The van der Waals surface area contributed by atoms with Crippen LogP contribution >= 0.6 is 0 Å². The summed E-state index contributed by atoms with van der Waals surface area (Å²) < 4.78 is 19.3. The van der Waals surface area contributed by atoms with Gasteiger partial charge in [0.15, 0.2) is 5.75 Å². The molecule has 3 heteroatoms. The Morgan fingerprint density at radius 1 is 0.947 bits per heavy atom. The Labute approximate surface area is 113 Å². The van der Waals surface area contributed by atoms with Crippen molar-refractivity contribution in [1.29, 1.82) is 0 Å². The molecule has 2 aromatic carbocycles. The molecule has 2 aromatic rings. The molecule has 0 atom stereocenters. The monoisotopic (exact) mass is 259 g/mol. The van der Waals surface area contributed by atoms with E-state index in [9.17, 15) is 4.39 Å². The van der Waals surface area contributed by atoms with Crippen LogP contribution in [0.5, 0.6) is 11.5 Å². The van der Waals surface area contributed by atoms with E-state index in [0.29, 0.717) is 17.0 Å². The maximum atomic E-state index is 13.4. The first-order valence-electron chi connectivity index (χ1n) is 6.20. The molecule has 0 unspecified atom stereocenters. The zero-order valence-electron chi connectivity index (χ0n) is 11.7. The second-order valence-electron chi connectivity index (χ2n) is 4.89. The van der Waals surface area contributed by atoms with Crippen LogP contribution in [-0.4, -0.2) is 0 Å². The van der Waals surface area contributed by atoms with Gasteiger partial charge in [0, 0.05) is 6.07 Å². The highest BCUT2D eigenvalue weighted by molar-refractivity contribution is 5.57. The van der Waals surface area contributed by atoms with Crippen LogP contribution in [0, 0.1) is 33.5 Å². The molecule has 0 spiro atoms. The van der Waals surface area contributed by atoms with Crippen molar-refractivity contribution >= 4 is 5.69 Å². The summed E-state index contributed by atoms with van der Waals surface area (Å²) in [5.74, 6) is 0.968. The Morgan fingerprint density at radius 3 is 2.26 bits per heavy atom. The molecule has 2 N–H and O–H groups in total. The van der Waals surface area contributed by atoms with Crippen LogP contribution in [0.25, 0.3) is 0 Å². The van der Waals surface area contributed by atoms with Gasteiger partial charge in [0.25, 0.3) is 0 Å². The fourth-order valence-corrected chi connectivity index (χ4v) is 1.95. The molecular weight excluding hydrogens is 241 g/mol. The highest BCUT2D eigenvalue weighted by Gasteiger charge is 2.11. The second-order valence-corrected chi connectivity index (χ2v) is 4.89. The van der Waals surface area contributed by atoms with Gasteiger partial charge < -0.3 is 10.5 Å². The first-order chi connectivity index (χ1) is 8.90. The van der Waals surface area contributed by atoms with Crippen molar-refractivity contribution in [1.82, 2.24) is 0 Å². The third kappa shape index (κ3) is 2.55. The molecule has 2 rings (SSSR count). The minimum atomic E-state index is -0.317. The van der Waals surface area contributed by atoms with Gasteiger partial charge in [-0.15, -0.1) is 0 Å². The van der Waals surface area contributed by atoms with Gasteiger partial charge in [-0.2, -0.15) is 0 Å². The van der Waals surface area contributed by atoms with E-state index >= 15 is 0 Å². The zero-order valence-corrected chi connectivity index (χ0v) is 11.7. The number of benzene rings is 2. The Morgan fingerprint density at radius 2 is 1.58 bits per heavy atom. The maximum absolute atomic E-state index is 13.4. The molecule has 0 aromatic heterocycles. The largest absolute Gasteiger partial charge is 0.455 e. The summed E-state index contributed by atoms with van der Waals surface area (Å²) in [7, 11) is 0. The number of nitrogen functional groups attached to an aromatic ring is 1. The topological polar surface area (TPSA) is 35.2 Å². The number of rotatable bonds is 2. The van der Waals surface area contributed by atoms with E-state index in [-0.39, 0.29) is 5.82 Å². The van der Waals surface area contributed by atoms with E-state index < -0.39 is 0 Å². The fourth-order valence-electron chi connectivity index (χ4n) is 1.95. The summed E-state index contributed by atoms with van der Waals surface area (Å²) in [6.07, 6.45) is 0. The van der Waals surface area contributed by atoms with Crippen LogP contribution in [0.1, 0.15) is 22.3 Å². The van der Waals surface area contributed by atoms with Gasteiger partial charge in [-0.25, -0.2) is 4.39 Å². The van der Waals surface area contributed by atoms with Crippen molar-refractivity contribution < 1.29 is 9.13 Å². The van der Waals surface area contributed by atoms with Crippen molar-refractivity contribution in [2.45, 2.75) is 27.7 Å². The molecule has 100 valence electrons. The number of hydrogen-bond donors (Lipinski definition) is 1. The lowest BCUT2D eigenvalue weighted by Gasteiger charge is -2.15. The molecule has 2 nitrogen and oxygen atoms in total. The summed E-state index contributed by atoms with van der Waals surface area (Å²) in [5.41, 5.74) is 9.89. The molecule has 19 heavy (non-hydrogen) atoms. The Kier molecular flexibility index (Phi) is 3.47. The van der Waals surface area contributed by atoms with Crippen LogP contribution in [0.4, 0.5) is 10.1 Å². The van der Waals surface area contributed by atoms with Crippen LogP contribution < -0.4 is 10.5 Å². The standard InChI is InChI=1S/C16H18FNO/c1-9-5-6-10(2)16(12(9)4)19-15-7-11(3)13(17)8-14(15)18/h5-8H,18H2,1-4H3. The van der Waals surface area contributed by atoms with E-state index in [1.165, 1.54) is 6.07 Å².